The van der Waals surface area contributed by atoms with Gasteiger partial charge in [-0.2, -0.15) is 0 Å². The highest BCUT2D eigenvalue weighted by Crippen LogP contribution is 2.24. The third-order valence-corrected chi connectivity index (χ3v) is 4.24. The number of ether oxygens (including phenoxy) is 3. The first kappa shape index (κ1) is 17.1. The average Bonchev–Trinajstić information content (AvgIpc) is 3.04. The summed E-state index contributed by atoms with van der Waals surface area (Å²) in [6.45, 7) is 2.20. The van der Waals surface area contributed by atoms with Crippen molar-refractivity contribution in [3.05, 3.63) is 71.8 Å². The fourth-order valence-corrected chi connectivity index (χ4v) is 2.92. The molecule has 128 valence electrons. The van der Waals surface area contributed by atoms with Gasteiger partial charge in [0.25, 0.3) is 0 Å². The van der Waals surface area contributed by atoms with E-state index in [1.807, 2.05) is 36.4 Å². The van der Waals surface area contributed by atoms with E-state index in [0.29, 0.717) is 26.4 Å². The molecule has 0 aromatic heterocycles. The lowest BCUT2D eigenvalue weighted by Gasteiger charge is -2.19. The monoisotopic (exact) mass is 327 g/mol. The van der Waals surface area contributed by atoms with Crippen LogP contribution in [-0.4, -0.2) is 31.5 Å². The quantitative estimate of drug-likeness (QED) is 0.810. The molecule has 2 aromatic carbocycles. The molecular formula is C20H25NO3. The summed E-state index contributed by atoms with van der Waals surface area (Å²) in [6.07, 6.45) is 0.833. The third-order valence-electron chi connectivity index (χ3n) is 4.24. The second-order valence-electron chi connectivity index (χ2n) is 6.10. The first-order valence-electron chi connectivity index (χ1n) is 8.48. The smallest absolute Gasteiger partial charge is 0.107 e. The van der Waals surface area contributed by atoms with Crippen LogP contribution in [0.25, 0.3) is 0 Å². The molecular weight excluding hydrogens is 302 g/mol. The zero-order valence-corrected chi connectivity index (χ0v) is 13.8. The maximum Gasteiger partial charge on any atom is 0.107 e. The highest BCUT2D eigenvalue weighted by atomic mass is 16.6. The summed E-state index contributed by atoms with van der Waals surface area (Å²) < 4.78 is 17.9. The Morgan fingerprint density at radius 2 is 1.54 bits per heavy atom. The van der Waals surface area contributed by atoms with E-state index in [1.165, 1.54) is 0 Å². The van der Waals surface area contributed by atoms with Gasteiger partial charge in [-0.1, -0.05) is 60.7 Å². The molecule has 0 saturated carbocycles. The minimum atomic E-state index is -0.0639. The molecule has 0 amide bonds. The number of rotatable bonds is 8. The highest BCUT2D eigenvalue weighted by molar-refractivity contribution is 5.14. The molecule has 0 aliphatic carbocycles. The summed E-state index contributed by atoms with van der Waals surface area (Å²) in [7, 11) is 0. The molecule has 0 spiro atoms. The Balaban J connectivity index is 1.49. The lowest BCUT2D eigenvalue weighted by molar-refractivity contribution is -0.0698. The van der Waals surface area contributed by atoms with Crippen molar-refractivity contribution in [3.8, 4) is 0 Å². The van der Waals surface area contributed by atoms with Gasteiger partial charge in [0.1, 0.15) is 6.10 Å². The van der Waals surface area contributed by atoms with Gasteiger partial charge in [0.15, 0.2) is 0 Å². The second kappa shape index (κ2) is 8.94. The van der Waals surface area contributed by atoms with E-state index in [1.54, 1.807) is 0 Å². The largest absolute Gasteiger partial charge is 0.374 e. The maximum absolute atomic E-state index is 6.08. The summed E-state index contributed by atoms with van der Waals surface area (Å²) in [4.78, 5) is 0. The van der Waals surface area contributed by atoms with Crippen LogP contribution in [0.5, 0.6) is 0 Å². The van der Waals surface area contributed by atoms with Crippen LogP contribution in [0.15, 0.2) is 60.7 Å². The van der Waals surface area contributed by atoms with Gasteiger partial charge in [-0.25, -0.2) is 0 Å². The minimum Gasteiger partial charge on any atom is -0.374 e. The Morgan fingerprint density at radius 3 is 2.17 bits per heavy atom. The van der Waals surface area contributed by atoms with Crippen molar-refractivity contribution in [2.24, 2.45) is 5.73 Å². The fraction of sp³-hybridized carbons (Fsp3) is 0.400. The molecule has 1 aliphatic rings. The van der Waals surface area contributed by atoms with Crippen LogP contribution >= 0.6 is 0 Å². The molecule has 4 heteroatoms. The minimum absolute atomic E-state index is 0.0227. The number of nitrogens with two attached hydrogens (primary N) is 1. The molecule has 0 radical (unpaired) electrons. The van der Waals surface area contributed by atoms with E-state index in [0.717, 1.165) is 17.5 Å². The van der Waals surface area contributed by atoms with Crippen molar-refractivity contribution < 1.29 is 14.2 Å². The maximum atomic E-state index is 6.08. The van der Waals surface area contributed by atoms with Crippen molar-refractivity contribution >= 4 is 0 Å². The lowest BCUT2D eigenvalue weighted by atomic mass is 10.1. The zero-order chi connectivity index (χ0) is 16.6. The van der Waals surface area contributed by atoms with Crippen LogP contribution in [0.1, 0.15) is 17.5 Å². The van der Waals surface area contributed by atoms with Gasteiger partial charge in [-0.15, -0.1) is 0 Å². The van der Waals surface area contributed by atoms with Crippen molar-refractivity contribution in [2.75, 3.05) is 13.2 Å². The topological polar surface area (TPSA) is 53.7 Å². The Kier molecular flexibility index (Phi) is 6.38. The summed E-state index contributed by atoms with van der Waals surface area (Å²) in [6, 6.07) is 20.3. The summed E-state index contributed by atoms with van der Waals surface area (Å²) >= 11 is 0. The lowest BCUT2D eigenvalue weighted by Crippen LogP contribution is -2.29. The molecule has 24 heavy (non-hydrogen) atoms. The first-order chi connectivity index (χ1) is 11.8. The Bertz CT molecular complexity index is 590. The molecule has 0 unspecified atom stereocenters. The highest BCUT2D eigenvalue weighted by Gasteiger charge is 2.35. The SMILES string of the molecule is NC[C@@H]1C[C@H](OCc2ccccc2)[C@@H](COCc2ccccc2)O1. The van der Waals surface area contributed by atoms with E-state index < -0.39 is 0 Å². The van der Waals surface area contributed by atoms with Gasteiger partial charge < -0.3 is 19.9 Å². The van der Waals surface area contributed by atoms with E-state index in [4.69, 9.17) is 19.9 Å². The Hall–Kier alpha value is -1.72. The predicted molar refractivity (Wildman–Crippen MR) is 93.4 cm³/mol. The van der Waals surface area contributed by atoms with Gasteiger partial charge in [-0.3, -0.25) is 0 Å². The van der Waals surface area contributed by atoms with Crippen LogP contribution in [0, 0.1) is 0 Å². The molecule has 1 heterocycles. The standard InChI is InChI=1S/C20H25NO3/c21-12-18-11-19(23-14-17-9-5-2-6-10-17)20(24-18)15-22-13-16-7-3-1-4-8-16/h1-10,18-20H,11-15,21H2/t18-,19-,20+/m0/s1. The van der Waals surface area contributed by atoms with E-state index in [2.05, 4.69) is 24.3 Å². The first-order valence-corrected chi connectivity index (χ1v) is 8.48. The number of hydrogen-bond acceptors (Lipinski definition) is 4. The number of hydrogen-bond donors (Lipinski definition) is 1. The normalized spacial score (nSPS) is 23.5. The zero-order valence-electron chi connectivity index (χ0n) is 13.8. The van der Waals surface area contributed by atoms with Gasteiger partial charge in [0, 0.05) is 13.0 Å². The van der Waals surface area contributed by atoms with Gasteiger partial charge in [-0.05, 0) is 11.1 Å². The van der Waals surface area contributed by atoms with Crippen LogP contribution in [-0.2, 0) is 27.4 Å². The van der Waals surface area contributed by atoms with Crippen molar-refractivity contribution in [1.29, 1.82) is 0 Å². The Morgan fingerprint density at radius 1 is 0.917 bits per heavy atom. The molecule has 1 saturated heterocycles. The molecule has 2 N–H and O–H groups in total. The molecule has 2 aromatic rings. The molecule has 0 bridgehead atoms. The fourth-order valence-electron chi connectivity index (χ4n) is 2.92. The number of benzene rings is 2. The van der Waals surface area contributed by atoms with Crippen LogP contribution in [0.3, 0.4) is 0 Å². The van der Waals surface area contributed by atoms with Crippen LogP contribution < -0.4 is 5.73 Å². The van der Waals surface area contributed by atoms with Crippen molar-refractivity contribution in [1.82, 2.24) is 0 Å². The van der Waals surface area contributed by atoms with Crippen LogP contribution in [0.2, 0.25) is 0 Å². The van der Waals surface area contributed by atoms with E-state index in [-0.39, 0.29) is 18.3 Å². The summed E-state index contributed by atoms with van der Waals surface area (Å²) in [5.41, 5.74) is 8.09. The molecule has 3 atom stereocenters. The second-order valence-corrected chi connectivity index (χ2v) is 6.10. The van der Waals surface area contributed by atoms with Crippen LogP contribution in [0.4, 0.5) is 0 Å². The van der Waals surface area contributed by atoms with E-state index >= 15 is 0 Å². The summed E-state index contributed by atoms with van der Waals surface area (Å²) in [5, 5.41) is 0. The van der Waals surface area contributed by atoms with Gasteiger partial charge >= 0.3 is 0 Å². The van der Waals surface area contributed by atoms with Crippen molar-refractivity contribution in [3.63, 3.8) is 0 Å². The summed E-state index contributed by atoms with van der Waals surface area (Å²) in [5.74, 6) is 0. The average molecular weight is 327 g/mol. The van der Waals surface area contributed by atoms with E-state index in [9.17, 15) is 0 Å². The van der Waals surface area contributed by atoms with Gasteiger partial charge in [0.05, 0.1) is 32.0 Å². The Labute approximate surface area is 143 Å². The third kappa shape index (κ3) is 4.89. The predicted octanol–water partition coefficient (Wildman–Crippen LogP) is 2.90. The molecule has 1 fully saturated rings. The van der Waals surface area contributed by atoms with Crippen molar-refractivity contribution in [2.45, 2.75) is 37.9 Å². The molecule has 1 aliphatic heterocycles. The molecule has 3 rings (SSSR count). The van der Waals surface area contributed by atoms with Gasteiger partial charge in [0.2, 0.25) is 0 Å². The molecule has 4 nitrogen and oxygen atoms in total.